The zero-order valence-corrected chi connectivity index (χ0v) is 17.1. The molecule has 0 saturated carbocycles. The van der Waals surface area contributed by atoms with Crippen LogP contribution < -0.4 is 5.56 Å². The fraction of sp³-hybridized carbons (Fsp3) is 0.688. The molecular weight excluding hydrogens is 377 g/mol. The van der Waals surface area contributed by atoms with Gasteiger partial charge in [-0.05, 0) is 19.1 Å². The third-order valence-electron chi connectivity index (χ3n) is 4.29. The van der Waals surface area contributed by atoms with Crippen molar-refractivity contribution < 1.29 is 18.5 Å². The third-order valence-corrected chi connectivity index (χ3v) is 5.70. The molecule has 0 aliphatic carbocycles. The monoisotopic (exact) mass is 401 g/mol. The smallest absolute Gasteiger partial charge is 0.254 e. The van der Waals surface area contributed by atoms with Crippen LogP contribution in [-0.2, 0) is 18.5 Å². The first-order chi connectivity index (χ1) is 12.4. The summed E-state index contributed by atoms with van der Waals surface area (Å²) in [4.78, 5) is 17.6. The Morgan fingerprint density at radius 2 is 2.35 bits per heavy atom. The SMILES string of the molecule is [C-]#[N+]CCOP(C)OC1C[C@H](n2cc(C)c(=O)[nH]c2=S)O[C@@]1(CC)OC. The Bertz CT molecular complexity index is 770. The predicted molar refractivity (Wildman–Crippen MR) is 101 cm³/mol. The van der Waals surface area contributed by atoms with Gasteiger partial charge < -0.3 is 23.4 Å². The van der Waals surface area contributed by atoms with Crippen LogP contribution in [0.1, 0.15) is 31.6 Å². The molecule has 26 heavy (non-hydrogen) atoms. The quantitative estimate of drug-likeness (QED) is 0.312. The van der Waals surface area contributed by atoms with E-state index >= 15 is 0 Å². The first-order valence-corrected chi connectivity index (χ1v) is 10.3. The van der Waals surface area contributed by atoms with Gasteiger partial charge >= 0.3 is 0 Å². The number of hydrogen-bond donors (Lipinski definition) is 1. The second-order valence-electron chi connectivity index (χ2n) is 5.91. The summed E-state index contributed by atoms with van der Waals surface area (Å²) in [5.74, 6) is -0.927. The van der Waals surface area contributed by atoms with Gasteiger partial charge in [0.1, 0.15) is 18.9 Å². The molecule has 0 bridgehead atoms. The Balaban J connectivity index is 2.21. The van der Waals surface area contributed by atoms with Crippen molar-refractivity contribution in [2.75, 3.05) is 26.9 Å². The number of nitrogens with one attached hydrogen (secondary N) is 1. The van der Waals surface area contributed by atoms with E-state index in [0.29, 0.717) is 36.3 Å². The third kappa shape index (κ3) is 4.58. The Hall–Kier alpha value is -1.14. The lowest BCUT2D eigenvalue weighted by Gasteiger charge is -2.32. The highest BCUT2D eigenvalue weighted by atomic mass is 32.1. The molecule has 1 aliphatic heterocycles. The summed E-state index contributed by atoms with van der Waals surface area (Å²) in [6.07, 6.45) is 1.98. The van der Waals surface area contributed by atoms with E-state index in [2.05, 4.69) is 9.83 Å². The van der Waals surface area contributed by atoms with Gasteiger partial charge in [-0.15, -0.1) is 0 Å². The lowest BCUT2D eigenvalue weighted by molar-refractivity contribution is -0.251. The molecule has 1 aliphatic rings. The van der Waals surface area contributed by atoms with Crippen LogP contribution in [0.25, 0.3) is 4.85 Å². The number of aromatic nitrogens is 2. The van der Waals surface area contributed by atoms with E-state index in [4.69, 9.17) is 37.3 Å². The molecule has 144 valence electrons. The van der Waals surface area contributed by atoms with Crippen molar-refractivity contribution in [3.05, 3.63) is 38.3 Å². The van der Waals surface area contributed by atoms with E-state index in [1.165, 1.54) is 0 Å². The highest BCUT2D eigenvalue weighted by molar-refractivity contribution is 7.71. The predicted octanol–water partition coefficient (Wildman–Crippen LogP) is 3.15. The van der Waals surface area contributed by atoms with Crippen molar-refractivity contribution in [1.29, 1.82) is 0 Å². The van der Waals surface area contributed by atoms with E-state index in [0.717, 1.165) is 0 Å². The molecule has 2 heterocycles. The summed E-state index contributed by atoms with van der Waals surface area (Å²) >= 11 is 5.28. The van der Waals surface area contributed by atoms with E-state index in [-0.39, 0.29) is 11.7 Å². The first kappa shape index (κ1) is 21.2. The van der Waals surface area contributed by atoms with Crippen molar-refractivity contribution in [3.8, 4) is 0 Å². The molecule has 0 amide bonds. The fourth-order valence-electron chi connectivity index (χ4n) is 2.87. The van der Waals surface area contributed by atoms with Crippen LogP contribution in [0.5, 0.6) is 0 Å². The number of aromatic amines is 1. The summed E-state index contributed by atoms with van der Waals surface area (Å²) in [5, 5.41) is 0. The maximum absolute atomic E-state index is 11.7. The first-order valence-electron chi connectivity index (χ1n) is 8.28. The van der Waals surface area contributed by atoms with Crippen molar-refractivity contribution in [2.24, 2.45) is 0 Å². The molecule has 2 rings (SSSR count). The van der Waals surface area contributed by atoms with Crippen LogP contribution in [-0.4, -0.2) is 48.4 Å². The molecule has 1 N–H and O–H groups in total. The van der Waals surface area contributed by atoms with Gasteiger partial charge in [0.2, 0.25) is 6.54 Å². The number of H-pyrrole nitrogens is 1. The molecule has 2 unspecified atom stereocenters. The van der Waals surface area contributed by atoms with Crippen LogP contribution in [0.3, 0.4) is 0 Å². The van der Waals surface area contributed by atoms with Crippen LogP contribution in [0.15, 0.2) is 11.0 Å². The number of nitrogens with zero attached hydrogens (tertiary/aromatic N) is 2. The molecular formula is C16H24N3O5PS. The maximum Gasteiger partial charge on any atom is 0.254 e. The molecule has 1 aromatic rings. The Morgan fingerprint density at radius 3 is 2.96 bits per heavy atom. The summed E-state index contributed by atoms with van der Waals surface area (Å²) in [6, 6.07) is 0. The number of aryl methyl sites for hydroxylation is 1. The van der Waals surface area contributed by atoms with Gasteiger partial charge in [0.05, 0.1) is 0 Å². The van der Waals surface area contributed by atoms with Gasteiger partial charge in [-0.1, -0.05) is 6.92 Å². The minimum Gasteiger partial charge on any atom is -0.351 e. The fourth-order valence-corrected chi connectivity index (χ4v) is 4.14. The number of methoxy groups -OCH3 is 1. The Kier molecular flexibility index (Phi) is 7.47. The van der Waals surface area contributed by atoms with Crippen molar-refractivity contribution in [3.63, 3.8) is 0 Å². The summed E-state index contributed by atoms with van der Waals surface area (Å²) in [5.41, 5.74) is 0.335. The maximum atomic E-state index is 11.7. The van der Waals surface area contributed by atoms with Crippen molar-refractivity contribution >= 4 is 20.6 Å². The highest BCUT2D eigenvalue weighted by Crippen LogP contribution is 2.47. The van der Waals surface area contributed by atoms with Gasteiger partial charge in [0.25, 0.3) is 5.56 Å². The lowest BCUT2D eigenvalue weighted by Crippen LogP contribution is -2.41. The zero-order valence-electron chi connectivity index (χ0n) is 15.4. The van der Waals surface area contributed by atoms with Gasteiger partial charge in [-0.25, -0.2) is 6.57 Å². The molecule has 1 saturated heterocycles. The standard InChI is InChI=1S/C16H24N3O5PS/c1-6-16(21-4)12(24-25(5)22-8-7-17-3)9-13(23-16)19-10-11(2)14(20)18-15(19)26/h10,12-13H,6-9H2,1-2,4-5H3,(H,18,20,26)/t12?,13-,16-,25?/m1/s1. The van der Waals surface area contributed by atoms with Gasteiger partial charge in [-0.2, -0.15) is 0 Å². The zero-order chi connectivity index (χ0) is 19.3. The molecule has 4 atom stereocenters. The molecule has 0 spiro atoms. The molecule has 10 heteroatoms. The van der Waals surface area contributed by atoms with Gasteiger partial charge in [0, 0.05) is 38.4 Å². The van der Waals surface area contributed by atoms with Gasteiger partial charge in [0.15, 0.2) is 18.9 Å². The lowest BCUT2D eigenvalue weighted by atomic mass is 10.1. The topological polar surface area (TPSA) is 79.1 Å². The van der Waals surface area contributed by atoms with Crippen LogP contribution in [0.2, 0.25) is 0 Å². The van der Waals surface area contributed by atoms with E-state index in [1.807, 2.05) is 13.6 Å². The minimum absolute atomic E-state index is 0.212. The number of rotatable bonds is 8. The molecule has 1 aromatic heterocycles. The summed E-state index contributed by atoms with van der Waals surface area (Å²) in [7, 11) is 0.404. The van der Waals surface area contributed by atoms with E-state index in [9.17, 15) is 4.79 Å². The average molecular weight is 401 g/mol. The second-order valence-corrected chi connectivity index (χ2v) is 7.64. The molecule has 8 nitrogen and oxygen atoms in total. The number of ether oxygens (including phenoxy) is 2. The summed E-state index contributed by atoms with van der Waals surface area (Å²) < 4.78 is 25.5. The molecule has 0 radical (unpaired) electrons. The Labute approximate surface area is 159 Å². The average Bonchev–Trinajstić information content (AvgIpc) is 2.97. The molecule has 1 fully saturated rings. The van der Waals surface area contributed by atoms with E-state index < -0.39 is 20.4 Å². The molecule has 0 aromatic carbocycles. The van der Waals surface area contributed by atoms with Gasteiger partial charge in [-0.3, -0.25) is 14.3 Å². The van der Waals surface area contributed by atoms with Crippen LogP contribution in [0, 0.1) is 18.3 Å². The Morgan fingerprint density at radius 1 is 1.62 bits per heavy atom. The van der Waals surface area contributed by atoms with Crippen LogP contribution >= 0.6 is 20.6 Å². The second kappa shape index (κ2) is 9.18. The number of hydrogen-bond acceptors (Lipinski definition) is 6. The highest BCUT2D eigenvalue weighted by Gasteiger charge is 2.50. The van der Waals surface area contributed by atoms with Crippen molar-refractivity contribution in [1.82, 2.24) is 9.55 Å². The van der Waals surface area contributed by atoms with Crippen molar-refractivity contribution in [2.45, 2.75) is 44.8 Å². The normalized spacial score (nSPS) is 26.6. The summed E-state index contributed by atoms with van der Waals surface area (Å²) in [6.45, 7) is 13.0. The largest absolute Gasteiger partial charge is 0.351 e. The minimum atomic E-state index is -1.18. The van der Waals surface area contributed by atoms with Crippen LogP contribution in [0.4, 0.5) is 0 Å². The van der Waals surface area contributed by atoms with E-state index in [1.54, 1.807) is 24.8 Å².